The van der Waals surface area contributed by atoms with Crippen LogP contribution in [0.15, 0.2) is 144 Å². The minimum atomic E-state index is 0.511. The van der Waals surface area contributed by atoms with Gasteiger partial charge in [0.15, 0.2) is 0 Å². The van der Waals surface area contributed by atoms with Gasteiger partial charge < -0.3 is 0 Å². The molecule has 0 spiro atoms. The number of hydrogen-bond donors (Lipinski definition) is 0. The summed E-state index contributed by atoms with van der Waals surface area (Å²) in [6, 6.07) is 23.8. The highest BCUT2D eigenvalue weighted by molar-refractivity contribution is 6.07. The Hall–Kier alpha value is -4.56. The smallest absolute Gasteiger partial charge is 0.0964 e. The van der Waals surface area contributed by atoms with E-state index in [0.717, 1.165) is 29.8 Å². The molecule has 0 aliphatic heterocycles. The number of nitrogens with zero attached hydrogens (tertiary/aromatic N) is 2. The molecule has 0 bridgehead atoms. The molecule has 0 amide bonds. The van der Waals surface area contributed by atoms with Gasteiger partial charge in [0.1, 0.15) is 0 Å². The lowest BCUT2D eigenvalue weighted by atomic mass is 9.62. The molecule has 43 heavy (non-hydrogen) atoms. The minimum Gasteiger partial charge on any atom is -0.255 e. The topological polar surface area (TPSA) is 25.8 Å². The van der Waals surface area contributed by atoms with Gasteiger partial charge >= 0.3 is 0 Å². The monoisotopic (exact) mass is 558 g/mol. The SMILES string of the molecule is C/C=C\C1=C(C)C(C2C=CC(C)=CC2)C2CCC=CC2=C1c1cccc2c(-c3cccnc3-c3ccccn3)cccc12. The first-order valence-corrected chi connectivity index (χ1v) is 15.6. The Labute approximate surface area is 255 Å². The van der Waals surface area contributed by atoms with Crippen LogP contribution in [0.5, 0.6) is 0 Å². The zero-order chi connectivity index (χ0) is 29.3. The molecule has 0 N–H and O–H groups in total. The Morgan fingerprint density at radius 3 is 2.35 bits per heavy atom. The molecule has 2 nitrogen and oxygen atoms in total. The van der Waals surface area contributed by atoms with Crippen LogP contribution in [0, 0.1) is 17.8 Å². The van der Waals surface area contributed by atoms with Gasteiger partial charge in [-0.2, -0.15) is 0 Å². The Balaban J connectivity index is 1.44. The lowest BCUT2D eigenvalue weighted by Gasteiger charge is -2.42. The van der Waals surface area contributed by atoms with E-state index in [2.05, 4.69) is 111 Å². The first kappa shape index (κ1) is 27.3. The van der Waals surface area contributed by atoms with E-state index in [1.165, 1.54) is 56.2 Å². The summed E-state index contributed by atoms with van der Waals surface area (Å²) in [5.41, 5.74) is 12.6. The van der Waals surface area contributed by atoms with Gasteiger partial charge in [-0.3, -0.25) is 9.97 Å². The average Bonchev–Trinajstić information content (AvgIpc) is 3.06. The fraction of sp³-hybridized carbons (Fsp3) is 0.220. The Morgan fingerprint density at radius 1 is 0.791 bits per heavy atom. The molecular weight excluding hydrogens is 520 g/mol. The van der Waals surface area contributed by atoms with Crippen LogP contribution >= 0.6 is 0 Å². The third-order valence-electron chi connectivity index (χ3n) is 9.57. The summed E-state index contributed by atoms with van der Waals surface area (Å²) >= 11 is 0. The van der Waals surface area contributed by atoms with Crippen molar-refractivity contribution >= 4 is 16.3 Å². The molecule has 0 saturated heterocycles. The van der Waals surface area contributed by atoms with Gasteiger partial charge in [0.05, 0.1) is 11.4 Å². The highest BCUT2D eigenvalue weighted by atomic mass is 14.8. The largest absolute Gasteiger partial charge is 0.255 e. The number of benzene rings is 2. The Kier molecular flexibility index (Phi) is 7.37. The summed E-state index contributed by atoms with van der Waals surface area (Å²) in [6.45, 7) is 6.77. The second-order valence-electron chi connectivity index (χ2n) is 12.1. The molecule has 0 fully saturated rings. The molecule has 2 aromatic heterocycles. The van der Waals surface area contributed by atoms with Crippen molar-refractivity contribution in [2.24, 2.45) is 17.8 Å². The van der Waals surface area contributed by atoms with Gasteiger partial charge in [-0.1, -0.05) is 102 Å². The minimum absolute atomic E-state index is 0.511. The van der Waals surface area contributed by atoms with E-state index in [1.807, 2.05) is 36.7 Å². The van der Waals surface area contributed by atoms with Crippen molar-refractivity contribution in [2.75, 3.05) is 0 Å². The quantitative estimate of drug-likeness (QED) is 0.243. The van der Waals surface area contributed by atoms with Crippen LogP contribution in [0.25, 0.3) is 38.9 Å². The van der Waals surface area contributed by atoms with Crippen molar-refractivity contribution in [1.29, 1.82) is 0 Å². The molecule has 0 radical (unpaired) electrons. The first-order chi connectivity index (χ1) is 21.2. The van der Waals surface area contributed by atoms with E-state index >= 15 is 0 Å². The summed E-state index contributed by atoms with van der Waals surface area (Å²) in [5.74, 6) is 1.56. The number of allylic oxidation sites excluding steroid dienone is 12. The van der Waals surface area contributed by atoms with Crippen molar-refractivity contribution in [2.45, 2.75) is 40.0 Å². The number of hydrogen-bond acceptors (Lipinski definition) is 2. The van der Waals surface area contributed by atoms with Gasteiger partial charge in [0.2, 0.25) is 0 Å². The molecule has 3 aliphatic carbocycles. The fourth-order valence-electron chi connectivity index (χ4n) is 7.65. The summed E-state index contributed by atoms with van der Waals surface area (Å²) in [6.07, 6.45) is 23.8. The fourth-order valence-corrected chi connectivity index (χ4v) is 7.65. The molecule has 3 unspecified atom stereocenters. The number of aromatic nitrogens is 2. The Morgan fingerprint density at radius 2 is 1.58 bits per heavy atom. The van der Waals surface area contributed by atoms with Crippen molar-refractivity contribution in [3.8, 4) is 22.5 Å². The second-order valence-corrected chi connectivity index (χ2v) is 12.1. The lowest BCUT2D eigenvalue weighted by molar-refractivity contribution is 0.321. The summed E-state index contributed by atoms with van der Waals surface area (Å²) in [4.78, 5) is 9.44. The van der Waals surface area contributed by atoms with Crippen molar-refractivity contribution < 1.29 is 0 Å². The average molecular weight is 559 g/mol. The molecule has 3 aliphatic rings. The van der Waals surface area contributed by atoms with E-state index in [4.69, 9.17) is 4.98 Å². The van der Waals surface area contributed by atoms with Crippen LogP contribution < -0.4 is 0 Å². The highest BCUT2D eigenvalue weighted by Crippen LogP contribution is 2.52. The molecule has 2 aromatic carbocycles. The van der Waals surface area contributed by atoms with Crippen molar-refractivity contribution in [3.05, 3.63) is 150 Å². The van der Waals surface area contributed by atoms with E-state index in [9.17, 15) is 0 Å². The van der Waals surface area contributed by atoms with E-state index in [1.54, 1.807) is 0 Å². The molecular formula is C41H38N2. The molecule has 3 atom stereocenters. The predicted molar refractivity (Wildman–Crippen MR) is 181 cm³/mol. The molecule has 0 saturated carbocycles. The van der Waals surface area contributed by atoms with Gasteiger partial charge in [-0.15, -0.1) is 0 Å². The normalized spacial score (nSPS) is 21.9. The van der Waals surface area contributed by atoms with E-state index in [0.29, 0.717) is 17.8 Å². The third-order valence-corrected chi connectivity index (χ3v) is 9.57. The molecule has 2 heteroatoms. The summed E-state index contributed by atoms with van der Waals surface area (Å²) in [7, 11) is 0. The third kappa shape index (κ3) is 4.85. The summed E-state index contributed by atoms with van der Waals surface area (Å²) < 4.78 is 0. The van der Waals surface area contributed by atoms with Gasteiger partial charge in [0.25, 0.3) is 0 Å². The zero-order valence-corrected chi connectivity index (χ0v) is 25.3. The van der Waals surface area contributed by atoms with Crippen LogP contribution in [-0.2, 0) is 0 Å². The van der Waals surface area contributed by atoms with Crippen LogP contribution in [0.4, 0.5) is 0 Å². The van der Waals surface area contributed by atoms with Crippen molar-refractivity contribution in [3.63, 3.8) is 0 Å². The maximum Gasteiger partial charge on any atom is 0.0964 e. The number of pyridine rings is 2. The summed E-state index contributed by atoms with van der Waals surface area (Å²) in [5, 5.41) is 2.52. The Bertz CT molecular complexity index is 1880. The van der Waals surface area contributed by atoms with E-state index in [-0.39, 0.29) is 0 Å². The second kappa shape index (κ2) is 11.6. The highest BCUT2D eigenvalue weighted by Gasteiger charge is 2.39. The van der Waals surface area contributed by atoms with Crippen LogP contribution in [-0.4, -0.2) is 9.97 Å². The van der Waals surface area contributed by atoms with Gasteiger partial charge in [-0.05, 0) is 115 Å². The maximum absolute atomic E-state index is 4.79. The standard InChI is InChI=1S/C41H38N2/c1-4-12-30-28(3)39(29-23-21-27(2)22-24-29)35-13-5-6-14-36(35)40(30)34-18-10-15-31-32(34)16-9-17-33(31)37-19-11-26-43-41(37)38-20-7-8-25-42-38/h4,6-12,14-23,25-26,29,35,39H,5,13,24H2,1-3H3/b12-4-. The molecule has 7 rings (SSSR count). The molecule has 2 heterocycles. The van der Waals surface area contributed by atoms with Crippen LogP contribution in [0.1, 0.15) is 45.6 Å². The number of fused-ring (bicyclic) bond motifs is 2. The van der Waals surface area contributed by atoms with Gasteiger partial charge in [-0.25, -0.2) is 0 Å². The number of rotatable bonds is 5. The van der Waals surface area contributed by atoms with Crippen LogP contribution in [0.2, 0.25) is 0 Å². The van der Waals surface area contributed by atoms with Crippen molar-refractivity contribution in [1.82, 2.24) is 9.97 Å². The maximum atomic E-state index is 4.79. The molecule has 4 aromatic rings. The zero-order valence-electron chi connectivity index (χ0n) is 25.3. The molecule has 212 valence electrons. The first-order valence-electron chi connectivity index (χ1n) is 15.6. The van der Waals surface area contributed by atoms with E-state index < -0.39 is 0 Å². The lowest BCUT2D eigenvalue weighted by Crippen LogP contribution is -2.31. The predicted octanol–water partition coefficient (Wildman–Crippen LogP) is 10.7. The van der Waals surface area contributed by atoms with Gasteiger partial charge in [0, 0.05) is 18.0 Å². The van der Waals surface area contributed by atoms with Crippen LogP contribution in [0.3, 0.4) is 0 Å².